The lowest BCUT2D eigenvalue weighted by Gasteiger charge is -2.55. The van der Waals surface area contributed by atoms with E-state index in [1.54, 1.807) is 16.7 Å². The Kier molecular flexibility index (Phi) is 5.64. The van der Waals surface area contributed by atoms with Gasteiger partial charge in [-0.25, -0.2) is 0 Å². The van der Waals surface area contributed by atoms with Crippen molar-refractivity contribution in [1.82, 2.24) is 15.5 Å². The fraction of sp³-hybridized carbons (Fsp3) is 0.864. The van der Waals surface area contributed by atoms with Crippen molar-refractivity contribution in [2.24, 2.45) is 23.2 Å². The molecule has 3 amide bonds. The van der Waals surface area contributed by atoms with Crippen LogP contribution in [0.3, 0.4) is 0 Å². The molecule has 1 aliphatic heterocycles. The Morgan fingerprint density at radius 3 is 2.17 bits per heavy atom. The van der Waals surface area contributed by atoms with Gasteiger partial charge >= 0.3 is 0 Å². The minimum Gasteiger partial charge on any atom is -0.355 e. The van der Waals surface area contributed by atoms with Crippen molar-refractivity contribution in [3.63, 3.8) is 0 Å². The third-order valence-electron chi connectivity index (χ3n) is 7.15. The normalized spacial score (nSPS) is 35.6. The van der Waals surface area contributed by atoms with Gasteiger partial charge in [0.2, 0.25) is 17.7 Å². The summed E-state index contributed by atoms with van der Waals surface area (Å²) in [5.74, 6) is 3.41. The van der Waals surface area contributed by atoms with Crippen LogP contribution in [0.4, 0.5) is 0 Å². The third kappa shape index (κ3) is 4.44. The van der Waals surface area contributed by atoms with Crippen molar-refractivity contribution in [1.29, 1.82) is 0 Å². The average molecular weight is 422 g/mol. The molecule has 29 heavy (non-hydrogen) atoms. The Hall–Kier alpha value is -1.24. The molecule has 5 rings (SSSR count). The molecule has 0 aromatic heterocycles. The Morgan fingerprint density at radius 1 is 1.03 bits per heavy atom. The number of rotatable bonds is 5. The van der Waals surface area contributed by atoms with E-state index in [1.807, 2.05) is 20.8 Å². The summed E-state index contributed by atoms with van der Waals surface area (Å²) in [7, 11) is 0. The minimum absolute atomic E-state index is 0.0464. The Balaban J connectivity index is 1.27. The van der Waals surface area contributed by atoms with Gasteiger partial charge in [0.05, 0.1) is 5.88 Å². The molecule has 5 fully saturated rings. The molecule has 1 unspecified atom stereocenters. The Labute approximate surface area is 178 Å². The predicted molar refractivity (Wildman–Crippen MR) is 114 cm³/mol. The zero-order chi connectivity index (χ0) is 20.8. The van der Waals surface area contributed by atoms with Crippen molar-refractivity contribution >= 4 is 29.5 Å². The summed E-state index contributed by atoms with van der Waals surface area (Å²) in [6, 6.07) is -0.412. The van der Waals surface area contributed by atoms with Crippen LogP contribution in [-0.4, -0.2) is 52.4 Å². The molecular formula is C22H35N3O3S. The zero-order valence-electron chi connectivity index (χ0n) is 18.0. The zero-order valence-corrected chi connectivity index (χ0v) is 18.8. The molecule has 4 aliphatic carbocycles. The second-order valence-corrected chi connectivity index (χ2v) is 11.8. The standard InChI is InChI=1S/C22H35N3O3S/c1-21(2,3)24-19(27)17-12-29-13-25(17)18(26)4-5-23-20(28)22-9-14-6-15(10-22)8-16(7-14)11-22/h14-17H,4-13H2,1-3H3,(H,23,28)(H,24,27). The van der Waals surface area contributed by atoms with Gasteiger partial charge in [-0.3, -0.25) is 14.4 Å². The summed E-state index contributed by atoms with van der Waals surface area (Å²) in [5.41, 5.74) is -0.485. The molecule has 1 atom stereocenters. The van der Waals surface area contributed by atoms with Crippen molar-refractivity contribution < 1.29 is 14.4 Å². The largest absolute Gasteiger partial charge is 0.355 e. The van der Waals surface area contributed by atoms with Gasteiger partial charge in [0.15, 0.2) is 0 Å². The lowest BCUT2D eigenvalue weighted by atomic mass is 9.49. The van der Waals surface area contributed by atoms with Crippen molar-refractivity contribution in [2.45, 2.75) is 77.3 Å². The summed E-state index contributed by atoms with van der Waals surface area (Å²) in [5, 5.41) is 6.06. The molecule has 5 aliphatic rings. The topological polar surface area (TPSA) is 78.5 Å². The number of amides is 3. The molecule has 4 bridgehead atoms. The molecule has 162 valence electrons. The van der Waals surface area contributed by atoms with E-state index in [9.17, 15) is 14.4 Å². The SMILES string of the molecule is CC(C)(C)NC(=O)C1CSCN1C(=O)CCNC(=O)C12CC3CC(CC(C3)C1)C2. The fourth-order valence-electron chi connectivity index (χ4n) is 6.36. The second kappa shape index (κ2) is 7.78. The van der Waals surface area contributed by atoms with Gasteiger partial charge in [-0.15, -0.1) is 11.8 Å². The first-order chi connectivity index (χ1) is 13.7. The monoisotopic (exact) mass is 421 g/mol. The van der Waals surface area contributed by atoms with Crippen LogP contribution >= 0.6 is 11.8 Å². The van der Waals surface area contributed by atoms with Crippen LogP contribution in [0, 0.1) is 23.2 Å². The quantitative estimate of drug-likeness (QED) is 0.715. The molecule has 0 aromatic carbocycles. The lowest BCUT2D eigenvalue weighted by Crippen LogP contribution is -2.54. The third-order valence-corrected chi connectivity index (χ3v) is 8.16. The molecule has 1 saturated heterocycles. The number of carbonyl (C=O) groups excluding carboxylic acids is 3. The first-order valence-corrected chi connectivity index (χ1v) is 12.3. The Bertz CT molecular complexity index is 652. The van der Waals surface area contributed by atoms with E-state index in [4.69, 9.17) is 0 Å². The fourth-order valence-corrected chi connectivity index (χ4v) is 7.54. The predicted octanol–water partition coefficient (Wildman–Crippen LogP) is 2.53. The van der Waals surface area contributed by atoms with Gasteiger partial charge < -0.3 is 15.5 Å². The highest BCUT2D eigenvalue weighted by Gasteiger charge is 2.54. The van der Waals surface area contributed by atoms with E-state index in [0.29, 0.717) is 18.2 Å². The van der Waals surface area contributed by atoms with Gasteiger partial charge in [0.25, 0.3) is 0 Å². The van der Waals surface area contributed by atoms with Gasteiger partial charge in [-0.2, -0.15) is 0 Å². The smallest absolute Gasteiger partial charge is 0.244 e. The maximum absolute atomic E-state index is 13.0. The maximum Gasteiger partial charge on any atom is 0.244 e. The van der Waals surface area contributed by atoms with Crippen LogP contribution in [0.25, 0.3) is 0 Å². The van der Waals surface area contributed by atoms with E-state index in [0.717, 1.165) is 37.0 Å². The van der Waals surface area contributed by atoms with E-state index < -0.39 is 6.04 Å². The first-order valence-electron chi connectivity index (χ1n) is 11.1. The summed E-state index contributed by atoms with van der Waals surface area (Å²) < 4.78 is 0. The molecule has 0 spiro atoms. The highest BCUT2D eigenvalue weighted by Crippen LogP contribution is 2.60. The molecular weight excluding hydrogens is 386 g/mol. The van der Waals surface area contributed by atoms with E-state index in [2.05, 4.69) is 10.6 Å². The van der Waals surface area contributed by atoms with Crippen molar-refractivity contribution in [3.8, 4) is 0 Å². The number of hydrogen-bond acceptors (Lipinski definition) is 4. The molecule has 4 saturated carbocycles. The first kappa shape index (κ1) is 21.0. The van der Waals surface area contributed by atoms with Crippen LogP contribution in [0.2, 0.25) is 0 Å². The lowest BCUT2D eigenvalue weighted by molar-refractivity contribution is -0.146. The number of nitrogens with one attached hydrogen (secondary N) is 2. The van der Waals surface area contributed by atoms with Gasteiger partial charge in [0.1, 0.15) is 6.04 Å². The molecule has 6 nitrogen and oxygen atoms in total. The van der Waals surface area contributed by atoms with Gasteiger partial charge in [-0.05, 0) is 77.0 Å². The molecule has 2 N–H and O–H groups in total. The van der Waals surface area contributed by atoms with Crippen LogP contribution in [0.5, 0.6) is 0 Å². The number of carbonyl (C=O) groups is 3. The minimum atomic E-state index is -0.412. The van der Waals surface area contributed by atoms with Crippen molar-refractivity contribution in [3.05, 3.63) is 0 Å². The summed E-state index contributed by atoms with van der Waals surface area (Å²) >= 11 is 1.61. The second-order valence-electron chi connectivity index (χ2n) is 10.8. The summed E-state index contributed by atoms with van der Waals surface area (Å²) in [4.78, 5) is 40.0. The molecule has 7 heteroatoms. The highest BCUT2D eigenvalue weighted by molar-refractivity contribution is 7.99. The van der Waals surface area contributed by atoms with E-state index in [-0.39, 0.29) is 35.1 Å². The number of thioether (sulfide) groups is 1. The van der Waals surface area contributed by atoms with Crippen LogP contribution in [0.15, 0.2) is 0 Å². The van der Waals surface area contributed by atoms with Gasteiger partial charge in [-0.1, -0.05) is 0 Å². The molecule has 0 aromatic rings. The average Bonchev–Trinajstić information content (AvgIpc) is 3.09. The summed E-state index contributed by atoms with van der Waals surface area (Å²) in [6.45, 7) is 6.20. The van der Waals surface area contributed by atoms with Crippen molar-refractivity contribution in [2.75, 3.05) is 18.2 Å². The maximum atomic E-state index is 13.0. The summed E-state index contributed by atoms with van der Waals surface area (Å²) in [6.07, 6.45) is 7.32. The molecule has 0 radical (unpaired) electrons. The van der Waals surface area contributed by atoms with Crippen LogP contribution in [0.1, 0.15) is 65.7 Å². The van der Waals surface area contributed by atoms with Crippen LogP contribution in [-0.2, 0) is 14.4 Å². The molecule has 1 heterocycles. The number of hydrogen-bond donors (Lipinski definition) is 2. The van der Waals surface area contributed by atoms with Crippen LogP contribution < -0.4 is 10.6 Å². The van der Waals surface area contributed by atoms with E-state index in [1.165, 1.54) is 19.3 Å². The van der Waals surface area contributed by atoms with E-state index >= 15 is 0 Å². The Morgan fingerprint density at radius 2 is 1.62 bits per heavy atom. The number of nitrogens with zero attached hydrogens (tertiary/aromatic N) is 1. The van der Waals surface area contributed by atoms with Gasteiger partial charge in [0, 0.05) is 29.7 Å². The highest BCUT2D eigenvalue weighted by atomic mass is 32.2.